The van der Waals surface area contributed by atoms with Gasteiger partial charge in [0, 0.05) is 43.6 Å². The van der Waals surface area contributed by atoms with Gasteiger partial charge in [0.1, 0.15) is 5.65 Å². The summed E-state index contributed by atoms with van der Waals surface area (Å²) in [5, 5.41) is 3.40. The van der Waals surface area contributed by atoms with Gasteiger partial charge in [-0.2, -0.15) is 0 Å². The zero-order chi connectivity index (χ0) is 14.9. The molecule has 1 fully saturated rings. The fourth-order valence-corrected chi connectivity index (χ4v) is 3.13. The molecule has 0 saturated carbocycles. The Morgan fingerprint density at radius 1 is 1.00 bits per heavy atom. The van der Waals surface area contributed by atoms with Crippen LogP contribution < -0.4 is 10.2 Å². The van der Waals surface area contributed by atoms with Gasteiger partial charge in [0.25, 0.3) is 0 Å². The van der Waals surface area contributed by atoms with Crippen molar-refractivity contribution in [1.82, 2.24) is 14.7 Å². The van der Waals surface area contributed by atoms with Gasteiger partial charge >= 0.3 is 0 Å². The van der Waals surface area contributed by atoms with Gasteiger partial charge in [-0.1, -0.05) is 30.3 Å². The fourth-order valence-electron chi connectivity index (χ4n) is 3.13. The number of anilines is 1. The van der Waals surface area contributed by atoms with E-state index in [1.807, 2.05) is 6.07 Å². The van der Waals surface area contributed by atoms with E-state index in [1.165, 1.54) is 16.9 Å². The third kappa shape index (κ3) is 2.25. The quantitative estimate of drug-likeness (QED) is 0.788. The topological polar surface area (TPSA) is 32.6 Å². The monoisotopic (exact) mass is 292 g/mol. The lowest BCUT2D eigenvalue weighted by atomic mass is 10.1. The Bertz CT molecular complexity index is 785. The summed E-state index contributed by atoms with van der Waals surface area (Å²) in [6, 6.07) is 14.7. The van der Waals surface area contributed by atoms with Crippen molar-refractivity contribution < 1.29 is 0 Å². The van der Waals surface area contributed by atoms with Gasteiger partial charge in [-0.25, -0.2) is 4.98 Å². The number of pyridine rings is 1. The summed E-state index contributed by atoms with van der Waals surface area (Å²) in [6.07, 6.45) is 2.22. The number of imidazole rings is 1. The van der Waals surface area contributed by atoms with Crippen LogP contribution in [0.1, 0.15) is 5.69 Å². The predicted molar refractivity (Wildman–Crippen MR) is 90.4 cm³/mol. The second-order valence-electron chi connectivity index (χ2n) is 5.76. The van der Waals surface area contributed by atoms with Crippen molar-refractivity contribution in [2.75, 3.05) is 31.1 Å². The Hall–Kier alpha value is -2.33. The van der Waals surface area contributed by atoms with Gasteiger partial charge in [-0.05, 0) is 19.1 Å². The second kappa shape index (κ2) is 5.46. The summed E-state index contributed by atoms with van der Waals surface area (Å²) in [7, 11) is 0. The van der Waals surface area contributed by atoms with Crippen LogP contribution >= 0.6 is 0 Å². The van der Waals surface area contributed by atoms with Crippen LogP contribution in [0.25, 0.3) is 16.9 Å². The Labute approximate surface area is 130 Å². The second-order valence-corrected chi connectivity index (χ2v) is 5.76. The molecule has 0 amide bonds. The molecule has 4 heteroatoms. The Morgan fingerprint density at radius 2 is 1.77 bits per heavy atom. The SMILES string of the molecule is Cc1c(-c2ccccc2)nc2ccc(N3CCNCC3)cn12. The van der Waals surface area contributed by atoms with E-state index >= 15 is 0 Å². The first kappa shape index (κ1) is 13.3. The van der Waals surface area contributed by atoms with Crippen molar-refractivity contribution in [3.63, 3.8) is 0 Å². The van der Waals surface area contributed by atoms with Gasteiger partial charge in [-0.15, -0.1) is 0 Å². The molecule has 112 valence electrons. The number of piperazine rings is 1. The Balaban J connectivity index is 1.78. The molecule has 0 radical (unpaired) electrons. The molecule has 0 unspecified atom stereocenters. The number of benzene rings is 1. The largest absolute Gasteiger partial charge is 0.368 e. The first-order valence-corrected chi connectivity index (χ1v) is 7.83. The molecule has 2 aromatic heterocycles. The highest BCUT2D eigenvalue weighted by Gasteiger charge is 2.14. The molecule has 0 spiro atoms. The molecular formula is C18H20N4. The number of nitrogens with one attached hydrogen (secondary N) is 1. The third-order valence-corrected chi connectivity index (χ3v) is 4.37. The Kier molecular flexibility index (Phi) is 3.31. The normalized spacial score (nSPS) is 15.4. The molecule has 1 aliphatic rings. The van der Waals surface area contributed by atoms with Crippen LogP contribution in [0.5, 0.6) is 0 Å². The Morgan fingerprint density at radius 3 is 2.55 bits per heavy atom. The van der Waals surface area contributed by atoms with Gasteiger partial charge in [0.2, 0.25) is 0 Å². The smallest absolute Gasteiger partial charge is 0.137 e. The lowest BCUT2D eigenvalue weighted by molar-refractivity contribution is 0.588. The van der Waals surface area contributed by atoms with E-state index in [0.717, 1.165) is 37.5 Å². The fraction of sp³-hybridized carbons (Fsp3) is 0.278. The highest BCUT2D eigenvalue weighted by atomic mass is 15.2. The van der Waals surface area contributed by atoms with Crippen molar-refractivity contribution in [3.8, 4) is 11.3 Å². The van der Waals surface area contributed by atoms with Gasteiger partial charge in [0.15, 0.2) is 0 Å². The highest BCUT2D eigenvalue weighted by molar-refractivity contribution is 5.67. The summed E-state index contributed by atoms with van der Waals surface area (Å²) in [5.41, 5.74) is 5.72. The average Bonchev–Trinajstić information content (AvgIpc) is 2.93. The van der Waals surface area contributed by atoms with Crippen LogP contribution in [0.15, 0.2) is 48.7 Å². The zero-order valence-electron chi connectivity index (χ0n) is 12.8. The van der Waals surface area contributed by atoms with E-state index in [4.69, 9.17) is 4.98 Å². The maximum atomic E-state index is 4.80. The van der Waals surface area contributed by atoms with Crippen molar-refractivity contribution in [2.24, 2.45) is 0 Å². The van der Waals surface area contributed by atoms with E-state index in [0.29, 0.717) is 0 Å². The summed E-state index contributed by atoms with van der Waals surface area (Å²) >= 11 is 0. The number of hydrogen-bond acceptors (Lipinski definition) is 3. The lowest BCUT2D eigenvalue weighted by Crippen LogP contribution is -2.43. The third-order valence-electron chi connectivity index (χ3n) is 4.37. The van der Waals surface area contributed by atoms with Crippen molar-refractivity contribution >= 4 is 11.3 Å². The summed E-state index contributed by atoms with van der Waals surface area (Å²) in [6.45, 7) is 6.37. The number of rotatable bonds is 2. The van der Waals surface area contributed by atoms with Crippen LogP contribution in [-0.4, -0.2) is 35.6 Å². The molecule has 22 heavy (non-hydrogen) atoms. The first-order chi connectivity index (χ1) is 10.8. The molecule has 3 aromatic rings. The molecule has 1 aromatic carbocycles. The maximum Gasteiger partial charge on any atom is 0.137 e. The molecule has 1 N–H and O–H groups in total. The number of nitrogens with zero attached hydrogens (tertiary/aromatic N) is 3. The standard InChI is InChI=1S/C18H20N4/c1-14-18(15-5-3-2-4-6-15)20-17-8-7-16(13-22(14)17)21-11-9-19-10-12-21/h2-8,13,19H,9-12H2,1H3. The van der Waals surface area contributed by atoms with Gasteiger partial charge in [0.05, 0.1) is 11.4 Å². The number of fused-ring (bicyclic) bond motifs is 1. The summed E-state index contributed by atoms with van der Waals surface area (Å²) in [5.74, 6) is 0. The summed E-state index contributed by atoms with van der Waals surface area (Å²) in [4.78, 5) is 7.23. The number of aryl methyl sites for hydroxylation is 1. The molecule has 1 aliphatic heterocycles. The number of hydrogen-bond donors (Lipinski definition) is 1. The molecular weight excluding hydrogens is 272 g/mol. The number of aromatic nitrogens is 2. The molecule has 4 nitrogen and oxygen atoms in total. The van der Waals surface area contributed by atoms with Crippen LogP contribution in [0, 0.1) is 6.92 Å². The van der Waals surface area contributed by atoms with Crippen molar-refractivity contribution in [1.29, 1.82) is 0 Å². The zero-order valence-corrected chi connectivity index (χ0v) is 12.8. The van der Waals surface area contributed by atoms with E-state index in [9.17, 15) is 0 Å². The molecule has 0 atom stereocenters. The van der Waals surface area contributed by atoms with Crippen molar-refractivity contribution in [2.45, 2.75) is 6.92 Å². The van der Waals surface area contributed by atoms with E-state index < -0.39 is 0 Å². The predicted octanol–water partition coefficient (Wildman–Crippen LogP) is 2.72. The highest BCUT2D eigenvalue weighted by Crippen LogP contribution is 2.25. The lowest BCUT2D eigenvalue weighted by Gasteiger charge is -2.29. The first-order valence-electron chi connectivity index (χ1n) is 7.83. The van der Waals surface area contributed by atoms with E-state index in [1.54, 1.807) is 0 Å². The minimum Gasteiger partial charge on any atom is -0.368 e. The van der Waals surface area contributed by atoms with E-state index in [-0.39, 0.29) is 0 Å². The summed E-state index contributed by atoms with van der Waals surface area (Å²) < 4.78 is 2.21. The van der Waals surface area contributed by atoms with Crippen LogP contribution in [0.2, 0.25) is 0 Å². The van der Waals surface area contributed by atoms with Crippen LogP contribution in [-0.2, 0) is 0 Å². The van der Waals surface area contributed by atoms with Crippen molar-refractivity contribution in [3.05, 3.63) is 54.4 Å². The average molecular weight is 292 g/mol. The molecule has 4 rings (SSSR count). The van der Waals surface area contributed by atoms with Gasteiger partial charge in [-0.3, -0.25) is 0 Å². The van der Waals surface area contributed by atoms with Crippen LogP contribution in [0.4, 0.5) is 5.69 Å². The molecule has 0 aliphatic carbocycles. The minimum absolute atomic E-state index is 1.01. The molecule has 3 heterocycles. The molecule has 1 saturated heterocycles. The molecule has 0 bridgehead atoms. The van der Waals surface area contributed by atoms with Crippen LogP contribution in [0.3, 0.4) is 0 Å². The van der Waals surface area contributed by atoms with E-state index in [2.05, 4.69) is 64.1 Å². The van der Waals surface area contributed by atoms with Gasteiger partial charge < -0.3 is 14.6 Å². The minimum atomic E-state index is 1.01. The maximum absolute atomic E-state index is 4.80.